The molecule has 0 heterocycles. The average Bonchev–Trinajstić information content (AvgIpc) is 2.67. The van der Waals surface area contributed by atoms with E-state index in [1.54, 1.807) is 20.8 Å². The molecule has 0 bridgehead atoms. The number of carbonyl (C=O) groups is 3. The van der Waals surface area contributed by atoms with Crippen molar-refractivity contribution >= 4 is 23.7 Å². The van der Waals surface area contributed by atoms with E-state index < -0.39 is 35.2 Å². The lowest BCUT2D eigenvalue weighted by Crippen LogP contribution is -2.52. The number of esters is 1. The highest BCUT2D eigenvalue weighted by Crippen LogP contribution is 2.27. The summed E-state index contributed by atoms with van der Waals surface area (Å²) in [5.41, 5.74) is -0.811. The van der Waals surface area contributed by atoms with E-state index in [9.17, 15) is 19.6 Å². The van der Waals surface area contributed by atoms with Crippen LogP contribution in [-0.4, -0.2) is 35.2 Å². The number of carbonyl (C=O) groups excluding carboxylic acids is 3. The predicted molar refractivity (Wildman–Crippen MR) is 111 cm³/mol. The topological polar surface area (TPSA) is 118 Å². The van der Waals surface area contributed by atoms with Gasteiger partial charge in [-0.05, 0) is 64.8 Å². The number of rotatable bonds is 5. The minimum Gasteiger partial charge on any atom is -0.449 e. The van der Waals surface area contributed by atoms with Crippen molar-refractivity contribution in [3.8, 4) is 6.07 Å². The van der Waals surface area contributed by atoms with E-state index in [0.29, 0.717) is 18.5 Å². The lowest BCUT2D eigenvalue weighted by atomic mass is 9.83. The summed E-state index contributed by atoms with van der Waals surface area (Å²) >= 11 is 0. The van der Waals surface area contributed by atoms with Gasteiger partial charge in [-0.1, -0.05) is 19.3 Å². The van der Waals surface area contributed by atoms with Gasteiger partial charge in [-0.25, -0.2) is 9.59 Å². The molecule has 0 saturated heterocycles. The summed E-state index contributed by atoms with van der Waals surface area (Å²) < 4.78 is 10.4. The maximum absolute atomic E-state index is 12.4. The second kappa shape index (κ2) is 9.61. The van der Waals surface area contributed by atoms with Crippen LogP contribution in [0.1, 0.15) is 70.2 Å². The van der Waals surface area contributed by atoms with Crippen molar-refractivity contribution in [1.82, 2.24) is 5.32 Å². The third kappa shape index (κ3) is 6.76. The largest absolute Gasteiger partial charge is 0.449 e. The standard InChI is InChI=1S/C22H29N3O5/c1-15(18(26)25-22(14-23)12-6-5-7-13-22)29-19(27)16-8-10-17(11-9-16)24-20(28)30-21(2,3)4/h8-11,15H,5-7,12-13H2,1-4H3,(H,24,28)(H,25,26)/t15-/m0/s1. The molecule has 1 aliphatic carbocycles. The number of anilines is 1. The van der Waals surface area contributed by atoms with Gasteiger partial charge in [0.05, 0.1) is 11.6 Å². The molecule has 2 N–H and O–H groups in total. The molecule has 2 amide bonds. The van der Waals surface area contributed by atoms with Crippen LogP contribution in [0.4, 0.5) is 10.5 Å². The minimum atomic E-state index is -1.04. The van der Waals surface area contributed by atoms with Crippen LogP contribution in [0.5, 0.6) is 0 Å². The van der Waals surface area contributed by atoms with E-state index >= 15 is 0 Å². The van der Waals surface area contributed by atoms with Crippen molar-refractivity contribution in [2.24, 2.45) is 0 Å². The first kappa shape index (κ1) is 23.2. The summed E-state index contributed by atoms with van der Waals surface area (Å²) in [4.78, 5) is 36.6. The highest BCUT2D eigenvalue weighted by atomic mass is 16.6. The van der Waals surface area contributed by atoms with Gasteiger partial charge in [-0.3, -0.25) is 10.1 Å². The van der Waals surface area contributed by atoms with E-state index in [-0.39, 0.29) is 5.56 Å². The van der Waals surface area contributed by atoms with Crippen LogP contribution in [-0.2, 0) is 14.3 Å². The number of nitrogens with zero attached hydrogens (tertiary/aromatic N) is 1. The van der Waals surface area contributed by atoms with Gasteiger partial charge >= 0.3 is 12.1 Å². The Hall–Kier alpha value is -3.08. The zero-order valence-electron chi connectivity index (χ0n) is 17.9. The zero-order valence-corrected chi connectivity index (χ0v) is 17.9. The van der Waals surface area contributed by atoms with Gasteiger partial charge in [0.15, 0.2) is 6.10 Å². The van der Waals surface area contributed by atoms with E-state index in [2.05, 4.69) is 16.7 Å². The molecular formula is C22H29N3O5. The summed E-state index contributed by atoms with van der Waals surface area (Å²) in [5.74, 6) is -1.16. The fourth-order valence-electron chi connectivity index (χ4n) is 3.15. The van der Waals surface area contributed by atoms with E-state index in [1.807, 2.05) is 0 Å². The van der Waals surface area contributed by atoms with Gasteiger partial charge in [0.2, 0.25) is 0 Å². The lowest BCUT2D eigenvalue weighted by Gasteiger charge is -2.32. The van der Waals surface area contributed by atoms with Crippen LogP contribution in [0, 0.1) is 11.3 Å². The molecule has 0 spiro atoms. The van der Waals surface area contributed by atoms with E-state index in [0.717, 1.165) is 19.3 Å². The third-order valence-corrected chi connectivity index (χ3v) is 4.70. The van der Waals surface area contributed by atoms with Crippen molar-refractivity contribution in [1.29, 1.82) is 5.26 Å². The molecular weight excluding hydrogens is 386 g/mol. The third-order valence-electron chi connectivity index (χ3n) is 4.70. The molecule has 0 aliphatic heterocycles. The molecule has 8 nitrogen and oxygen atoms in total. The fraction of sp³-hybridized carbons (Fsp3) is 0.545. The van der Waals surface area contributed by atoms with Crippen molar-refractivity contribution < 1.29 is 23.9 Å². The number of amides is 2. The molecule has 0 unspecified atom stereocenters. The van der Waals surface area contributed by atoms with Crippen molar-refractivity contribution in [2.45, 2.75) is 77.0 Å². The van der Waals surface area contributed by atoms with Gasteiger partial charge < -0.3 is 14.8 Å². The van der Waals surface area contributed by atoms with Gasteiger partial charge in [-0.2, -0.15) is 5.26 Å². The molecule has 30 heavy (non-hydrogen) atoms. The highest BCUT2D eigenvalue weighted by Gasteiger charge is 2.35. The van der Waals surface area contributed by atoms with Crippen LogP contribution in [0.15, 0.2) is 24.3 Å². The highest BCUT2D eigenvalue weighted by molar-refractivity contribution is 5.93. The lowest BCUT2D eigenvalue weighted by molar-refractivity contribution is -0.130. The number of ether oxygens (including phenoxy) is 2. The maximum atomic E-state index is 12.4. The summed E-state index contributed by atoms with van der Waals surface area (Å²) in [5, 5.41) is 14.8. The molecule has 1 atom stereocenters. The first-order valence-corrected chi connectivity index (χ1v) is 10.1. The monoisotopic (exact) mass is 415 g/mol. The van der Waals surface area contributed by atoms with Gasteiger partial charge in [0.25, 0.3) is 5.91 Å². The summed E-state index contributed by atoms with van der Waals surface area (Å²) in [6.45, 7) is 6.75. The SMILES string of the molecule is C[C@H](OC(=O)c1ccc(NC(=O)OC(C)(C)C)cc1)C(=O)NC1(C#N)CCCCC1. The Morgan fingerprint density at radius 1 is 1.10 bits per heavy atom. The van der Waals surface area contributed by atoms with Crippen molar-refractivity contribution in [2.75, 3.05) is 5.32 Å². The molecule has 1 aromatic carbocycles. The molecule has 1 fully saturated rings. The molecule has 8 heteroatoms. The van der Waals surface area contributed by atoms with Crippen LogP contribution in [0.3, 0.4) is 0 Å². The fourth-order valence-corrected chi connectivity index (χ4v) is 3.15. The number of benzene rings is 1. The maximum Gasteiger partial charge on any atom is 0.412 e. The van der Waals surface area contributed by atoms with Crippen molar-refractivity contribution in [3.05, 3.63) is 29.8 Å². The van der Waals surface area contributed by atoms with Gasteiger partial charge in [0.1, 0.15) is 11.1 Å². The Kier molecular flexibility index (Phi) is 7.43. The van der Waals surface area contributed by atoms with E-state index in [1.165, 1.54) is 31.2 Å². The molecule has 1 saturated carbocycles. The zero-order chi connectivity index (χ0) is 22.4. The molecule has 0 radical (unpaired) electrons. The predicted octanol–water partition coefficient (Wildman–Crippen LogP) is 3.92. The van der Waals surface area contributed by atoms with Crippen LogP contribution >= 0.6 is 0 Å². The number of hydrogen-bond acceptors (Lipinski definition) is 6. The van der Waals surface area contributed by atoms with Gasteiger partial charge in [0, 0.05) is 5.69 Å². The smallest absolute Gasteiger partial charge is 0.412 e. The average molecular weight is 415 g/mol. The first-order chi connectivity index (χ1) is 14.0. The molecule has 162 valence electrons. The number of nitriles is 1. The van der Waals surface area contributed by atoms with Gasteiger partial charge in [-0.15, -0.1) is 0 Å². The molecule has 0 aromatic heterocycles. The van der Waals surface area contributed by atoms with Crippen LogP contribution < -0.4 is 10.6 Å². The number of nitrogens with one attached hydrogen (secondary N) is 2. The van der Waals surface area contributed by atoms with Crippen molar-refractivity contribution in [3.63, 3.8) is 0 Å². The Balaban J connectivity index is 1.91. The van der Waals surface area contributed by atoms with Crippen LogP contribution in [0.2, 0.25) is 0 Å². The molecule has 2 rings (SSSR count). The normalized spacial score (nSPS) is 16.5. The Bertz CT molecular complexity index is 815. The Morgan fingerprint density at radius 2 is 1.70 bits per heavy atom. The minimum absolute atomic E-state index is 0.233. The summed E-state index contributed by atoms with van der Waals surface area (Å²) in [7, 11) is 0. The number of hydrogen-bond donors (Lipinski definition) is 2. The second-order valence-electron chi connectivity index (χ2n) is 8.50. The first-order valence-electron chi connectivity index (χ1n) is 10.1. The quantitative estimate of drug-likeness (QED) is 0.704. The Morgan fingerprint density at radius 3 is 2.23 bits per heavy atom. The summed E-state index contributed by atoms with van der Waals surface area (Å²) in [6.07, 6.45) is 2.37. The molecule has 1 aromatic rings. The second-order valence-corrected chi connectivity index (χ2v) is 8.50. The molecule has 1 aliphatic rings. The van der Waals surface area contributed by atoms with Crippen LogP contribution in [0.25, 0.3) is 0 Å². The Labute approximate surface area is 176 Å². The summed E-state index contributed by atoms with van der Waals surface area (Å²) in [6, 6.07) is 8.25. The van der Waals surface area contributed by atoms with E-state index in [4.69, 9.17) is 9.47 Å².